The van der Waals surface area contributed by atoms with E-state index in [2.05, 4.69) is 37.3 Å². The molecular formula is C14H21NO. The van der Waals surface area contributed by atoms with Gasteiger partial charge in [-0.3, -0.25) is 0 Å². The second-order valence-electron chi connectivity index (χ2n) is 4.80. The molecule has 0 aliphatic carbocycles. The van der Waals surface area contributed by atoms with Gasteiger partial charge in [0, 0.05) is 19.1 Å². The predicted molar refractivity (Wildman–Crippen MR) is 66.3 cm³/mol. The third-order valence-corrected chi connectivity index (χ3v) is 3.54. The van der Waals surface area contributed by atoms with Crippen LogP contribution in [0.5, 0.6) is 0 Å². The normalized spacial score (nSPS) is 30.2. The monoisotopic (exact) mass is 219 g/mol. The van der Waals surface area contributed by atoms with Gasteiger partial charge in [0.15, 0.2) is 0 Å². The van der Waals surface area contributed by atoms with Crippen molar-refractivity contribution >= 4 is 0 Å². The van der Waals surface area contributed by atoms with Crippen molar-refractivity contribution in [2.45, 2.75) is 44.2 Å². The topological polar surface area (TPSA) is 35.2 Å². The Hall–Kier alpha value is -0.860. The van der Waals surface area contributed by atoms with Crippen molar-refractivity contribution in [2.75, 3.05) is 6.61 Å². The lowest BCUT2D eigenvalue weighted by Crippen LogP contribution is -2.46. The fraction of sp³-hybridized carbons (Fsp3) is 0.571. The Morgan fingerprint density at radius 3 is 2.75 bits per heavy atom. The van der Waals surface area contributed by atoms with E-state index in [0.29, 0.717) is 6.04 Å². The lowest BCUT2D eigenvalue weighted by atomic mass is 9.83. The maximum absolute atomic E-state index is 6.06. The summed E-state index contributed by atoms with van der Waals surface area (Å²) in [6, 6.07) is 10.9. The third kappa shape index (κ3) is 2.63. The molecule has 1 aliphatic heterocycles. The van der Waals surface area contributed by atoms with Crippen molar-refractivity contribution in [1.82, 2.24) is 0 Å². The van der Waals surface area contributed by atoms with Crippen molar-refractivity contribution in [3.63, 3.8) is 0 Å². The average Bonchev–Trinajstić information content (AvgIpc) is 2.30. The van der Waals surface area contributed by atoms with E-state index in [-0.39, 0.29) is 5.60 Å². The highest BCUT2D eigenvalue weighted by molar-refractivity contribution is 5.17. The smallest absolute Gasteiger partial charge is 0.0734 e. The minimum atomic E-state index is -0.0288. The van der Waals surface area contributed by atoms with Crippen LogP contribution in [-0.4, -0.2) is 18.2 Å². The summed E-state index contributed by atoms with van der Waals surface area (Å²) in [5.74, 6) is 0. The first kappa shape index (κ1) is 11.6. The van der Waals surface area contributed by atoms with Crippen LogP contribution < -0.4 is 5.73 Å². The second kappa shape index (κ2) is 4.98. The molecule has 0 spiro atoms. The lowest BCUT2D eigenvalue weighted by molar-refractivity contribution is -0.0861. The summed E-state index contributed by atoms with van der Waals surface area (Å²) in [6.45, 7) is 3.00. The Labute approximate surface area is 97.8 Å². The lowest BCUT2D eigenvalue weighted by Gasteiger charge is -2.39. The number of hydrogen-bond acceptors (Lipinski definition) is 2. The minimum Gasteiger partial charge on any atom is -0.375 e. The van der Waals surface area contributed by atoms with Gasteiger partial charge in [-0.15, -0.1) is 0 Å². The van der Waals surface area contributed by atoms with E-state index < -0.39 is 0 Å². The van der Waals surface area contributed by atoms with Crippen molar-refractivity contribution in [3.05, 3.63) is 35.9 Å². The molecule has 1 saturated heterocycles. The summed E-state index contributed by atoms with van der Waals surface area (Å²) in [7, 11) is 0. The van der Waals surface area contributed by atoms with E-state index in [0.717, 1.165) is 32.3 Å². The van der Waals surface area contributed by atoms with Crippen LogP contribution >= 0.6 is 0 Å². The first-order chi connectivity index (χ1) is 7.74. The van der Waals surface area contributed by atoms with Gasteiger partial charge in [-0.1, -0.05) is 37.3 Å². The number of hydrogen-bond donors (Lipinski definition) is 1. The van der Waals surface area contributed by atoms with Gasteiger partial charge in [-0.25, -0.2) is 0 Å². The van der Waals surface area contributed by atoms with Crippen molar-refractivity contribution < 1.29 is 4.74 Å². The van der Waals surface area contributed by atoms with E-state index in [4.69, 9.17) is 10.5 Å². The van der Waals surface area contributed by atoms with Crippen LogP contribution in [0.3, 0.4) is 0 Å². The van der Waals surface area contributed by atoms with Gasteiger partial charge in [0.25, 0.3) is 0 Å². The molecule has 2 N–H and O–H groups in total. The molecule has 1 fully saturated rings. The second-order valence-corrected chi connectivity index (χ2v) is 4.80. The van der Waals surface area contributed by atoms with Crippen LogP contribution in [0, 0.1) is 0 Å². The highest BCUT2D eigenvalue weighted by Crippen LogP contribution is 2.31. The van der Waals surface area contributed by atoms with E-state index in [1.807, 2.05) is 0 Å². The van der Waals surface area contributed by atoms with Crippen LogP contribution in [0.1, 0.15) is 31.7 Å². The maximum Gasteiger partial charge on any atom is 0.0734 e. The Morgan fingerprint density at radius 2 is 2.12 bits per heavy atom. The molecule has 0 aromatic heterocycles. The van der Waals surface area contributed by atoms with E-state index >= 15 is 0 Å². The summed E-state index contributed by atoms with van der Waals surface area (Å²) in [5.41, 5.74) is 7.38. The zero-order valence-corrected chi connectivity index (χ0v) is 9.99. The summed E-state index contributed by atoms with van der Waals surface area (Å²) in [5, 5.41) is 0. The fourth-order valence-corrected chi connectivity index (χ4v) is 2.53. The van der Waals surface area contributed by atoms with E-state index in [9.17, 15) is 0 Å². The molecule has 0 amide bonds. The van der Waals surface area contributed by atoms with Gasteiger partial charge in [0.05, 0.1) is 5.60 Å². The van der Waals surface area contributed by atoms with Gasteiger partial charge in [0.1, 0.15) is 0 Å². The van der Waals surface area contributed by atoms with Gasteiger partial charge in [-0.2, -0.15) is 0 Å². The predicted octanol–water partition coefficient (Wildman–Crippen LogP) is 2.52. The molecule has 1 aromatic carbocycles. The first-order valence-corrected chi connectivity index (χ1v) is 6.17. The molecule has 88 valence electrons. The Bertz CT molecular complexity index is 325. The summed E-state index contributed by atoms with van der Waals surface area (Å²) >= 11 is 0. The van der Waals surface area contributed by atoms with Crippen molar-refractivity contribution in [2.24, 2.45) is 5.73 Å². The Kier molecular flexibility index (Phi) is 3.62. The van der Waals surface area contributed by atoms with Gasteiger partial charge < -0.3 is 10.5 Å². The third-order valence-electron chi connectivity index (χ3n) is 3.54. The van der Waals surface area contributed by atoms with Crippen LogP contribution in [0.2, 0.25) is 0 Å². The largest absolute Gasteiger partial charge is 0.375 e. The average molecular weight is 219 g/mol. The van der Waals surface area contributed by atoms with Crippen LogP contribution in [-0.2, 0) is 11.2 Å². The molecule has 0 saturated carbocycles. The standard InChI is InChI=1S/C14H21NO/c1-2-14(11-13(15)8-9-16-14)10-12-6-4-3-5-7-12/h3-7,13H,2,8-11,15H2,1H3. The molecule has 2 atom stereocenters. The zero-order valence-electron chi connectivity index (χ0n) is 9.99. The fourth-order valence-electron chi connectivity index (χ4n) is 2.53. The SMILES string of the molecule is CCC1(Cc2ccccc2)CC(N)CCO1. The number of benzene rings is 1. The molecule has 2 rings (SSSR count). The molecular weight excluding hydrogens is 198 g/mol. The highest BCUT2D eigenvalue weighted by Gasteiger charge is 2.34. The highest BCUT2D eigenvalue weighted by atomic mass is 16.5. The van der Waals surface area contributed by atoms with Crippen LogP contribution in [0.15, 0.2) is 30.3 Å². The number of nitrogens with two attached hydrogens (primary N) is 1. The molecule has 2 nitrogen and oxygen atoms in total. The molecule has 16 heavy (non-hydrogen) atoms. The molecule has 2 unspecified atom stereocenters. The molecule has 0 radical (unpaired) electrons. The molecule has 1 aliphatic rings. The maximum atomic E-state index is 6.06. The molecule has 1 heterocycles. The zero-order chi connectivity index (χ0) is 11.4. The number of rotatable bonds is 3. The minimum absolute atomic E-state index is 0.0288. The summed E-state index contributed by atoms with van der Waals surface area (Å²) in [4.78, 5) is 0. The van der Waals surface area contributed by atoms with E-state index in [1.165, 1.54) is 5.56 Å². The molecule has 1 aromatic rings. The Balaban J connectivity index is 2.10. The van der Waals surface area contributed by atoms with Crippen molar-refractivity contribution in [3.8, 4) is 0 Å². The summed E-state index contributed by atoms with van der Waals surface area (Å²) < 4.78 is 6.01. The van der Waals surface area contributed by atoms with Gasteiger partial charge in [0.2, 0.25) is 0 Å². The van der Waals surface area contributed by atoms with Gasteiger partial charge >= 0.3 is 0 Å². The quantitative estimate of drug-likeness (QED) is 0.847. The van der Waals surface area contributed by atoms with Crippen LogP contribution in [0.25, 0.3) is 0 Å². The van der Waals surface area contributed by atoms with Gasteiger partial charge in [-0.05, 0) is 24.8 Å². The first-order valence-electron chi connectivity index (χ1n) is 6.17. The summed E-state index contributed by atoms with van der Waals surface area (Å²) in [6.07, 6.45) is 4.00. The molecule has 2 heteroatoms. The Morgan fingerprint density at radius 1 is 1.38 bits per heavy atom. The number of ether oxygens (including phenoxy) is 1. The van der Waals surface area contributed by atoms with E-state index in [1.54, 1.807) is 0 Å². The van der Waals surface area contributed by atoms with Crippen molar-refractivity contribution in [1.29, 1.82) is 0 Å². The van der Waals surface area contributed by atoms with Crippen LogP contribution in [0.4, 0.5) is 0 Å². The molecule has 0 bridgehead atoms.